The smallest absolute Gasteiger partial charge is 0.0672 e. The molecule has 2 unspecified atom stereocenters. The van der Waals surface area contributed by atoms with Crippen LogP contribution < -0.4 is 0 Å². The molecule has 0 saturated carbocycles. The van der Waals surface area contributed by atoms with Crippen molar-refractivity contribution in [1.29, 1.82) is 0 Å². The Hall–Kier alpha value is 0.130. The van der Waals surface area contributed by atoms with E-state index in [9.17, 15) is 0 Å². The molecule has 0 saturated heterocycles. The van der Waals surface area contributed by atoms with E-state index in [4.69, 9.17) is 11.6 Å². The van der Waals surface area contributed by atoms with Crippen LogP contribution in [0.5, 0.6) is 0 Å². The van der Waals surface area contributed by atoms with Crippen LogP contribution in [0.25, 0.3) is 0 Å². The summed E-state index contributed by atoms with van der Waals surface area (Å²) in [5.74, 6) is 0. The Morgan fingerprint density at radius 1 is 0.750 bits per heavy atom. The van der Waals surface area contributed by atoms with Crippen molar-refractivity contribution in [2.45, 2.75) is 25.7 Å². The summed E-state index contributed by atoms with van der Waals surface area (Å²) in [5, 5.41) is 0.876. The molecule has 0 aromatic heterocycles. The van der Waals surface area contributed by atoms with Crippen molar-refractivity contribution in [3.05, 3.63) is 59.7 Å². The fraction of sp³-hybridized carbons (Fsp3) is 0.200. The molecule has 4 rings (SSSR count). The summed E-state index contributed by atoms with van der Waals surface area (Å²) in [7, 11) is 7.53. The van der Waals surface area contributed by atoms with Crippen LogP contribution in [0, 0.1) is 0 Å². The lowest BCUT2D eigenvalue weighted by atomic mass is 10.0. The van der Waals surface area contributed by atoms with Gasteiger partial charge in [0, 0.05) is 9.79 Å². The Morgan fingerprint density at radius 2 is 1.20 bits per heavy atom. The van der Waals surface area contributed by atoms with Gasteiger partial charge in [0.15, 0.2) is 0 Å². The van der Waals surface area contributed by atoms with Gasteiger partial charge in [0.25, 0.3) is 0 Å². The predicted octanol–water partition coefficient (Wildman–Crippen LogP) is 6.58. The molecule has 0 aliphatic carbocycles. The first kappa shape index (κ1) is 13.8. The van der Waals surface area contributed by atoms with Crippen LogP contribution in [0.4, 0.5) is 0 Å². The van der Waals surface area contributed by atoms with E-state index in [0.29, 0.717) is 10.5 Å². The van der Waals surface area contributed by atoms with Gasteiger partial charge in [-0.05, 0) is 23.3 Å². The van der Waals surface area contributed by atoms with E-state index in [0.717, 1.165) is 0 Å². The molecule has 102 valence electrons. The molecule has 2 atom stereocenters. The van der Waals surface area contributed by atoms with Crippen LogP contribution in [0.2, 0.25) is 0 Å². The van der Waals surface area contributed by atoms with E-state index in [1.54, 1.807) is 0 Å². The molecule has 0 bridgehead atoms. The monoisotopic (exact) mass is 354 g/mol. The molecule has 0 fully saturated rings. The van der Waals surface area contributed by atoms with E-state index < -0.39 is 0 Å². The average Bonchev–Trinajstić information content (AvgIpc) is 3.11. The van der Waals surface area contributed by atoms with Gasteiger partial charge in [-0.3, -0.25) is 0 Å². The molecular formula is C15H11ClS4. The fourth-order valence-electron chi connectivity index (χ4n) is 2.50. The standard InChI is InChI=1S/C15H11ClS4/c16-13(14-9-5-1-3-7-11(9)17-19-14)15-10-6-2-4-8-12(10)18-20-15/h1-8,13-15H. The third-order valence-electron chi connectivity index (χ3n) is 3.51. The average molecular weight is 355 g/mol. The van der Waals surface area contributed by atoms with E-state index in [1.165, 1.54) is 20.9 Å². The molecule has 0 N–H and O–H groups in total. The molecule has 2 heterocycles. The number of fused-ring (bicyclic) bond motifs is 2. The maximum absolute atomic E-state index is 6.88. The van der Waals surface area contributed by atoms with Crippen molar-refractivity contribution >= 4 is 54.8 Å². The van der Waals surface area contributed by atoms with Crippen LogP contribution in [0.15, 0.2) is 58.3 Å². The zero-order chi connectivity index (χ0) is 13.5. The minimum atomic E-state index is 0.123. The lowest BCUT2D eigenvalue weighted by Crippen LogP contribution is -2.14. The zero-order valence-corrected chi connectivity index (χ0v) is 14.4. The summed E-state index contributed by atoms with van der Waals surface area (Å²) in [6.07, 6.45) is 0. The van der Waals surface area contributed by atoms with E-state index in [-0.39, 0.29) is 5.38 Å². The molecule has 5 heteroatoms. The first-order chi connectivity index (χ1) is 9.84. The maximum Gasteiger partial charge on any atom is 0.0672 e. The summed E-state index contributed by atoms with van der Waals surface area (Å²) in [5.41, 5.74) is 2.80. The van der Waals surface area contributed by atoms with Crippen LogP contribution in [0.3, 0.4) is 0 Å². The third kappa shape index (κ3) is 2.30. The highest BCUT2D eigenvalue weighted by Gasteiger charge is 2.39. The van der Waals surface area contributed by atoms with Gasteiger partial charge in [-0.25, -0.2) is 0 Å². The molecule has 20 heavy (non-hydrogen) atoms. The topological polar surface area (TPSA) is 0 Å². The zero-order valence-electron chi connectivity index (χ0n) is 10.4. The van der Waals surface area contributed by atoms with Crippen LogP contribution in [0.1, 0.15) is 21.6 Å². The lowest BCUT2D eigenvalue weighted by molar-refractivity contribution is 0.788. The second kappa shape index (κ2) is 5.73. The number of alkyl halides is 1. The highest BCUT2D eigenvalue weighted by molar-refractivity contribution is 8.77. The minimum Gasteiger partial charge on any atom is -0.120 e. The summed E-state index contributed by atoms with van der Waals surface area (Å²) >= 11 is 6.88. The van der Waals surface area contributed by atoms with Gasteiger partial charge < -0.3 is 0 Å². The van der Waals surface area contributed by atoms with E-state index >= 15 is 0 Å². The quantitative estimate of drug-likeness (QED) is 0.440. The third-order valence-corrected chi connectivity index (χ3v) is 10.0. The van der Waals surface area contributed by atoms with Gasteiger partial charge in [-0.15, -0.1) is 11.6 Å². The van der Waals surface area contributed by atoms with Gasteiger partial charge in [0.2, 0.25) is 0 Å². The van der Waals surface area contributed by atoms with Crippen molar-refractivity contribution in [3.63, 3.8) is 0 Å². The van der Waals surface area contributed by atoms with Gasteiger partial charge in [0.1, 0.15) is 0 Å². The summed E-state index contributed by atoms with van der Waals surface area (Å²) in [6, 6.07) is 17.3. The maximum atomic E-state index is 6.88. The first-order valence-corrected chi connectivity index (χ1v) is 11.2. The van der Waals surface area contributed by atoms with E-state index in [2.05, 4.69) is 48.5 Å². The summed E-state index contributed by atoms with van der Waals surface area (Å²) in [6.45, 7) is 0. The van der Waals surface area contributed by atoms with Crippen molar-refractivity contribution in [2.75, 3.05) is 0 Å². The molecule has 0 nitrogen and oxygen atoms in total. The second-order valence-electron chi connectivity index (χ2n) is 4.72. The first-order valence-electron chi connectivity index (χ1n) is 6.33. The molecule has 0 amide bonds. The lowest BCUT2D eigenvalue weighted by Gasteiger charge is -2.22. The SMILES string of the molecule is ClC(C1SSc2ccccc21)C1SSc2ccccc21. The van der Waals surface area contributed by atoms with Crippen molar-refractivity contribution in [1.82, 2.24) is 0 Å². The molecule has 2 aliphatic rings. The summed E-state index contributed by atoms with van der Waals surface area (Å²) < 4.78 is 0. The second-order valence-corrected chi connectivity index (χ2v) is 9.99. The number of hydrogen-bond donors (Lipinski definition) is 0. The Morgan fingerprint density at radius 3 is 1.70 bits per heavy atom. The number of rotatable bonds is 2. The van der Waals surface area contributed by atoms with Gasteiger partial charge in [-0.2, -0.15) is 0 Å². The highest BCUT2D eigenvalue weighted by Crippen LogP contribution is 2.63. The van der Waals surface area contributed by atoms with Crippen molar-refractivity contribution in [2.24, 2.45) is 0 Å². The number of halogens is 1. The van der Waals surface area contributed by atoms with Crippen molar-refractivity contribution < 1.29 is 0 Å². The highest BCUT2D eigenvalue weighted by atomic mass is 35.5. The van der Waals surface area contributed by atoms with Gasteiger partial charge >= 0.3 is 0 Å². The molecule has 2 aromatic carbocycles. The van der Waals surface area contributed by atoms with E-state index in [1.807, 2.05) is 43.2 Å². The van der Waals surface area contributed by atoms with Crippen LogP contribution in [-0.2, 0) is 0 Å². The molecule has 0 radical (unpaired) electrons. The molecule has 2 aromatic rings. The Bertz CT molecular complexity index is 590. The Balaban J connectivity index is 1.65. The van der Waals surface area contributed by atoms with Gasteiger partial charge in [0.05, 0.1) is 15.9 Å². The van der Waals surface area contributed by atoms with Crippen LogP contribution in [-0.4, -0.2) is 5.38 Å². The Labute approximate surface area is 139 Å². The predicted molar refractivity (Wildman–Crippen MR) is 94.9 cm³/mol. The molecule has 2 aliphatic heterocycles. The minimum absolute atomic E-state index is 0.123. The Kier molecular flexibility index (Phi) is 3.94. The fourth-order valence-corrected chi connectivity index (χ4v) is 9.60. The van der Waals surface area contributed by atoms with Crippen LogP contribution >= 0.6 is 54.8 Å². The number of hydrogen-bond acceptors (Lipinski definition) is 4. The summed E-state index contributed by atoms with van der Waals surface area (Å²) in [4.78, 5) is 2.74. The van der Waals surface area contributed by atoms with Gasteiger partial charge in [-0.1, -0.05) is 79.6 Å². The molecular weight excluding hydrogens is 344 g/mol. The van der Waals surface area contributed by atoms with Crippen molar-refractivity contribution in [3.8, 4) is 0 Å². The molecule has 0 spiro atoms. The normalized spacial score (nSPS) is 25.2. The largest absolute Gasteiger partial charge is 0.120 e. The number of benzene rings is 2.